The van der Waals surface area contributed by atoms with E-state index in [0.717, 1.165) is 16.6 Å². The molecule has 27 heavy (non-hydrogen) atoms. The molecule has 0 radical (unpaired) electrons. The fourth-order valence-electron chi connectivity index (χ4n) is 2.96. The van der Waals surface area contributed by atoms with Crippen molar-refractivity contribution in [1.29, 1.82) is 0 Å². The first kappa shape index (κ1) is 18.7. The number of benzene rings is 1. The number of hydrogen-bond donors (Lipinski definition) is 1. The highest BCUT2D eigenvalue weighted by Gasteiger charge is 2.13. The SMILES string of the molecule is CCOc1ccc(CNc2nc3ccncc3n(C(C)C)c2=O)cc1OC. The Balaban J connectivity index is 1.91. The van der Waals surface area contributed by atoms with Gasteiger partial charge in [0.2, 0.25) is 0 Å². The molecular formula is C20H24N4O3. The standard InChI is InChI=1S/C20H24N4O3/c1-5-27-17-7-6-14(10-18(17)26-4)11-22-19-20(25)24(13(2)3)16-12-21-9-8-15(16)23-19/h6-10,12-13H,5,11H2,1-4H3,(H,22,23). The number of rotatable bonds is 7. The molecule has 0 aliphatic carbocycles. The summed E-state index contributed by atoms with van der Waals surface area (Å²) in [6.07, 6.45) is 3.34. The molecule has 7 heteroatoms. The van der Waals surface area contributed by atoms with Gasteiger partial charge in [0.25, 0.3) is 5.56 Å². The minimum absolute atomic E-state index is 0.00156. The van der Waals surface area contributed by atoms with Crippen molar-refractivity contribution in [3.8, 4) is 11.5 Å². The fourth-order valence-corrected chi connectivity index (χ4v) is 2.96. The predicted molar refractivity (Wildman–Crippen MR) is 106 cm³/mol. The number of anilines is 1. The van der Waals surface area contributed by atoms with E-state index < -0.39 is 0 Å². The number of pyridine rings is 1. The summed E-state index contributed by atoms with van der Waals surface area (Å²) in [4.78, 5) is 21.5. The third-order valence-corrected chi connectivity index (χ3v) is 4.20. The molecule has 0 spiro atoms. The topological polar surface area (TPSA) is 78.3 Å². The van der Waals surface area contributed by atoms with Crippen LogP contribution in [0.3, 0.4) is 0 Å². The van der Waals surface area contributed by atoms with Crippen LogP contribution in [0.1, 0.15) is 32.4 Å². The van der Waals surface area contributed by atoms with E-state index >= 15 is 0 Å². The Bertz CT molecular complexity index is 998. The summed E-state index contributed by atoms with van der Waals surface area (Å²) < 4.78 is 12.6. The molecule has 142 valence electrons. The summed E-state index contributed by atoms with van der Waals surface area (Å²) in [7, 11) is 1.61. The first-order valence-corrected chi connectivity index (χ1v) is 8.95. The highest BCUT2D eigenvalue weighted by molar-refractivity contribution is 5.75. The average molecular weight is 368 g/mol. The molecule has 0 saturated heterocycles. The smallest absolute Gasteiger partial charge is 0.294 e. The van der Waals surface area contributed by atoms with Crippen LogP contribution in [0.2, 0.25) is 0 Å². The van der Waals surface area contributed by atoms with Crippen LogP contribution in [0.15, 0.2) is 41.5 Å². The molecule has 0 fully saturated rings. The van der Waals surface area contributed by atoms with E-state index in [2.05, 4.69) is 15.3 Å². The van der Waals surface area contributed by atoms with Gasteiger partial charge in [0.1, 0.15) is 0 Å². The lowest BCUT2D eigenvalue weighted by atomic mass is 10.2. The predicted octanol–water partition coefficient (Wildman–Crippen LogP) is 3.39. The molecule has 2 aromatic heterocycles. The fraction of sp³-hybridized carbons (Fsp3) is 0.350. The molecule has 0 unspecified atom stereocenters. The summed E-state index contributed by atoms with van der Waals surface area (Å²) in [5, 5.41) is 3.16. The molecule has 3 rings (SSSR count). The second kappa shape index (κ2) is 8.07. The maximum absolute atomic E-state index is 12.9. The lowest BCUT2D eigenvalue weighted by Crippen LogP contribution is -2.27. The minimum atomic E-state index is -0.164. The maximum Gasteiger partial charge on any atom is 0.294 e. The van der Waals surface area contributed by atoms with Gasteiger partial charge in [-0.3, -0.25) is 14.3 Å². The Labute approximate surface area is 158 Å². The molecule has 0 aliphatic rings. The van der Waals surface area contributed by atoms with Gasteiger partial charge in [0.05, 0.1) is 30.9 Å². The van der Waals surface area contributed by atoms with E-state index in [9.17, 15) is 4.79 Å². The molecule has 3 aromatic rings. The van der Waals surface area contributed by atoms with Crippen LogP contribution in [0.25, 0.3) is 11.0 Å². The average Bonchev–Trinajstić information content (AvgIpc) is 2.67. The summed E-state index contributed by atoms with van der Waals surface area (Å²) in [5.41, 5.74) is 2.25. The third-order valence-electron chi connectivity index (χ3n) is 4.20. The molecule has 2 heterocycles. The van der Waals surface area contributed by atoms with Gasteiger partial charge in [-0.05, 0) is 44.5 Å². The van der Waals surface area contributed by atoms with E-state index in [-0.39, 0.29) is 11.6 Å². The molecule has 0 bridgehead atoms. The van der Waals surface area contributed by atoms with Crippen molar-refractivity contribution in [3.05, 3.63) is 52.6 Å². The van der Waals surface area contributed by atoms with Gasteiger partial charge in [-0.15, -0.1) is 0 Å². The Kier molecular flexibility index (Phi) is 5.59. The lowest BCUT2D eigenvalue weighted by Gasteiger charge is -2.16. The zero-order valence-electron chi connectivity index (χ0n) is 16.0. The van der Waals surface area contributed by atoms with E-state index in [1.165, 1.54) is 0 Å². The van der Waals surface area contributed by atoms with Crippen molar-refractivity contribution in [3.63, 3.8) is 0 Å². The van der Waals surface area contributed by atoms with Crippen molar-refractivity contribution in [2.75, 3.05) is 19.0 Å². The van der Waals surface area contributed by atoms with Crippen molar-refractivity contribution in [1.82, 2.24) is 14.5 Å². The van der Waals surface area contributed by atoms with Gasteiger partial charge in [-0.2, -0.15) is 0 Å². The van der Waals surface area contributed by atoms with Crippen molar-refractivity contribution < 1.29 is 9.47 Å². The van der Waals surface area contributed by atoms with Gasteiger partial charge >= 0.3 is 0 Å². The molecule has 0 atom stereocenters. The van der Waals surface area contributed by atoms with Crippen molar-refractivity contribution >= 4 is 16.9 Å². The number of nitrogens with zero attached hydrogens (tertiary/aromatic N) is 3. The van der Waals surface area contributed by atoms with Crippen LogP contribution in [-0.2, 0) is 6.54 Å². The zero-order valence-corrected chi connectivity index (χ0v) is 16.0. The summed E-state index contributed by atoms with van der Waals surface area (Å²) >= 11 is 0. The van der Waals surface area contributed by atoms with Crippen LogP contribution in [0.5, 0.6) is 11.5 Å². The Morgan fingerprint density at radius 2 is 2.04 bits per heavy atom. The second-order valence-electron chi connectivity index (χ2n) is 6.37. The largest absolute Gasteiger partial charge is 0.493 e. The monoisotopic (exact) mass is 368 g/mol. The van der Waals surface area contributed by atoms with Gasteiger partial charge in [-0.1, -0.05) is 6.07 Å². The maximum atomic E-state index is 12.9. The van der Waals surface area contributed by atoms with E-state index in [1.807, 2.05) is 39.0 Å². The molecular weight excluding hydrogens is 344 g/mol. The molecule has 0 aliphatic heterocycles. The normalized spacial score (nSPS) is 11.0. The molecule has 0 amide bonds. The number of methoxy groups -OCH3 is 1. The minimum Gasteiger partial charge on any atom is -0.493 e. The summed E-state index contributed by atoms with van der Waals surface area (Å²) in [5.74, 6) is 1.67. The zero-order chi connectivity index (χ0) is 19.4. The Morgan fingerprint density at radius 1 is 1.22 bits per heavy atom. The first-order valence-electron chi connectivity index (χ1n) is 8.95. The second-order valence-corrected chi connectivity index (χ2v) is 6.37. The van der Waals surface area contributed by atoms with Crippen molar-refractivity contribution in [2.45, 2.75) is 33.4 Å². The quantitative estimate of drug-likeness (QED) is 0.689. The van der Waals surface area contributed by atoms with Gasteiger partial charge in [-0.25, -0.2) is 4.98 Å². The van der Waals surface area contributed by atoms with E-state index in [1.54, 1.807) is 30.1 Å². The number of fused-ring (bicyclic) bond motifs is 1. The summed E-state index contributed by atoms with van der Waals surface area (Å²) in [6.45, 7) is 6.87. The van der Waals surface area contributed by atoms with Crippen molar-refractivity contribution in [2.24, 2.45) is 0 Å². The Hall–Kier alpha value is -3.09. The number of aromatic nitrogens is 3. The molecule has 1 N–H and O–H groups in total. The van der Waals surface area contributed by atoms with Crippen LogP contribution in [-0.4, -0.2) is 28.3 Å². The molecule has 7 nitrogen and oxygen atoms in total. The Morgan fingerprint density at radius 3 is 2.74 bits per heavy atom. The van der Waals surface area contributed by atoms with E-state index in [4.69, 9.17) is 9.47 Å². The van der Waals surface area contributed by atoms with Crippen LogP contribution in [0, 0.1) is 0 Å². The number of nitrogens with one attached hydrogen (secondary N) is 1. The highest BCUT2D eigenvalue weighted by Crippen LogP contribution is 2.28. The highest BCUT2D eigenvalue weighted by atomic mass is 16.5. The first-order chi connectivity index (χ1) is 13.0. The van der Waals surface area contributed by atoms with Gasteiger partial charge in [0.15, 0.2) is 17.3 Å². The molecule has 0 saturated carbocycles. The van der Waals surface area contributed by atoms with Gasteiger partial charge in [0, 0.05) is 18.8 Å². The van der Waals surface area contributed by atoms with Gasteiger partial charge < -0.3 is 14.8 Å². The summed E-state index contributed by atoms with van der Waals surface area (Å²) in [6, 6.07) is 7.50. The van der Waals surface area contributed by atoms with Crippen LogP contribution >= 0.6 is 0 Å². The van der Waals surface area contributed by atoms with E-state index in [0.29, 0.717) is 30.5 Å². The lowest BCUT2D eigenvalue weighted by molar-refractivity contribution is 0.310. The molecule has 1 aromatic carbocycles. The number of hydrogen-bond acceptors (Lipinski definition) is 6. The van der Waals surface area contributed by atoms with Crippen LogP contribution in [0.4, 0.5) is 5.82 Å². The van der Waals surface area contributed by atoms with Crippen LogP contribution < -0.4 is 20.3 Å². The number of ether oxygens (including phenoxy) is 2. The third kappa shape index (κ3) is 3.86.